The molecule has 1 unspecified atom stereocenters. The Balaban J connectivity index is -0.000000320. The highest BCUT2D eigenvalue weighted by Crippen LogP contribution is 1.96. The molecule has 0 fully saturated rings. The average Bonchev–Trinajstić information content (AvgIpc) is 1.63. The molecule has 8 N–H and O–H groups in total. The van der Waals surface area contributed by atoms with Crippen LogP contribution in [0.5, 0.6) is 0 Å². The molecule has 0 aliphatic heterocycles. The summed E-state index contributed by atoms with van der Waals surface area (Å²) in [6.07, 6.45) is -0.620. The zero-order valence-electron chi connectivity index (χ0n) is 6.36. The van der Waals surface area contributed by atoms with Crippen LogP contribution in [-0.4, -0.2) is 17.2 Å². The smallest absolute Gasteiger partial charge is 0.0545 e. The molecule has 0 saturated heterocycles. The number of carboxylic acid groups (broad SMARTS) is 2. The van der Waals surface area contributed by atoms with Gasteiger partial charge in [0.2, 0.25) is 0 Å². The second kappa shape index (κ2) is 7.32. The van der Waals surface area contributed by atoms with Crippen molar-refractivity contribution in [3.63, 3.8) is 0 Å². The van der Waals surface area contributed by atoms with Gasteiger partial charge in [-0.25, -0.2) is 0 Å². The number of hydrogen-bond acceptors (Lipinski definition) is 5. The quantitative estimate of drug-likeness (QED) is 0.431. The lowest BCUT2D eigenvalue weighted by Gasteiger charge is -2.10. The first-order chi connectivity index (χ1) is 4.04. The second-order valence-corrected chi connectivity index (χ2v) is 2.03. The number of carbonyl (C=O) groups excluding carboxylic acids is 2. The van der Waals surface area contributed by atoms with Crippen LogP contribution in [0.2, 0.25) is 0 Å². The third-order valence-electron chi connectivity index (χ3n) is 0.632. The van der Waals surface area contributed by atoms with Crippen LogP contribution in [0, 0.1) is 0 Å². The number of carbonyl (C=O) groups is 2. The van der Waals surface area contributed by atoms with Crippen LogP contribution in [0.25, 0.3) is 0 Å². The molecule has 0 aliphatic carbocycles. The van der Waals surface area contributed by atoms with Gasteiger partial charge in [-0.15, -0.1) is 0 Å². The van der Waals surface area contributed by atoms with Crippen molar-refractivity contribution in [3.05, 3.63) is 0 Å². The van der Waals surface area contributed by atoms with Crippen LogP contribution >= 0.6 is 12.6 Å². The first-order valence-electron chi connectivity index (χ1n) is 2.13. The van der Waals surface area contributed by atoms with Crippen LogP contribution < -0.4 is 22.5 Å². The molecule has 0 amide bonds. The maximum atomic E-state index is 9.76. The highest BCUT2D eigenvalue weighted by Gasteiger charge is 2.02. The minimum Gasteiger partial charge on any atom is -0.550 e. The maximum absolute atomic E-state index is 9.76. The van der Waals surface area contributed by atoms with Crippen molar-refractivity contribution in [1.29, 1.82) is 0 Å². The molecule has 1 atom stereocenters. The SMILES string of the molecule is O=C([O-])CC(S)C(=O)[O-].[NH4+].[NH4+]. The molecule has 0 radical (unpaired) electrons. The molecule has 0 bridgehead atoms. The number of carboxylic acids is 2. The van der Waals surface area contributed by atoms with E-state index in [2.05, 4.69) is 12.6 Å². The Bertz CT molecular complexity index is 140. The van der Waals surface area contributed by atoms with Crippen LogP contribution in [-0.2, 0) is 9.59 Å². The molecule has 0 aromatic heterocycles. The predicted octanol–water partition coefficient (Wildman–Crippen LogP) is -2.07. The summed E-state index contributed by atoms with van der Waals surface area (Å²) >= 11 is 3.38. The maximum Gasteiger partial charge on any atom is 0.0545 e. The van der Waals surface area contributed by atoms with E-state index in [1.807, 2.05) is 0 Å². The fourth-order valence-corrected chi connectivity index (χ4v) is 0.390. The van der Waals surface area contributed by atoms with Crippen LogP contribution in [0.4, 0.5) is 0 Å². The van der Waals surface area contributed by atoms with E-state index in [1.165, 1.54) is 0 Å². The third-order valence-corrected chi connectivity index (χ3v) is 1.03. The van der Waals surface area contributed by atoms with Gasteiger partial charge < -0.3 is 32.1 Å². The van der Waals surface area contributed by atoms with E-state index in [1.54, 1.807) is 0 Å². The second-order valence-electron chi connectivity index (χ2n) is 1.41. The van der Waals surface area contributed by atoms with Gasteiger partial charge in [-0.05, 0) is 0 Å². The largest absolute Gasteiger partial charge is 0.550 e. The third kappa shape index (κ3) is 9.21. The van der Waals surface area contributed by atoms with Gasteiger partial charge in [0.15, 0.2) is 0 Å². The summed E-state index contributed by atoms with van der Waals surface area (Å²) in [7, 11) is 0. The first kappa shape index (κ1) is 16.7. The summed E-state index contributed by atoms with van der Waals surface area (Å²) in [5, 5.41) is 18.2. The number of rotatable bonds is 3. The van der Waals surface area contributed by atoms with Crippen molar-refractivity contribution < 1.29 is 19.8 Å². The minimum absolute atomic E-state index is 0. The van der Waals surface area contributed by atoms with Crippen molar-refractivity contribution in [1.82, 2.24) is 12.3 Å². The van der Waals surface area contributed by atoms with Crippen molar-refractivity contribution in [3.8, 4) is 0 Å². The number of thiol groups is 1. The summed E-state index contributed by atoms with van der Waals surface area (Å²) in [5.41, 5.74) is 0. The summed E-state index contributed by atoms with van der Waals surface area (Å²) in [6.45, 7) is 0. The predicted molar refractivity (Wildman–Crippen MR) is 39.4 cm³/mol. The minimum atomic E-state index is -1.50. The van der Waals surface area contributed by atoms with Crippen molar-refractivity contribution in [2.75, 3.05) is 0 Å². The highest BCUT2D eigenvalue weighted by molar-refractivity contribution is 7.81. The molecule has 11 heavy (non-hydrogen) atoms. The summed E-state index contributed by atoms with van der Waals surface area (Å²) in [4.78, 5) is 19.4. The molecule has 0 saturated carbocycles. The van der Waals surface area contributed by atoms with Crippen molar-refractivity contribution in [2.24, 2.45) is 0 Å². The molecular weight excluding hydrogens is 172 g/mol. The first-order valence-corrected chi connectivity index (χ1v) is 2.64. The van der Waals surface area contributed by atoms with Gasteiger partial charge in [0.05, 0.1) is 5.97 Å². The van der Waals surface area contributed by atoms with E-state index in [0.717, 1.165) is 0 Å². The standard InChI is InChI=1S/C4H6O4S.2H3N/c5-3(6)1-2(9)4(7)8;;/h2,9H,1H2,(H,5,6)(H,7,8);2*1H3. The van der Waals surface area contributed by atoms with Gasteiger partial charge in [0.1, 0.15) is 0 Å². The zero-order chi connectivity index (χ0) is 7.44. The van der Waals surface area contributed by atoms with Crippen LogP contribution in [0.15, 0.2) is 0 Å². The van der Waals surface area contributed by atoms with Gasteiger partial charge in [-0.3, -0.25) is 0 Å². The lowest BCUT2D eigenvalue weighted by molar-refractivity contribution is -0.314. The van der Waals surface area contributed by atoms with E-state index in [0.29, 0.717) is 0 Å². The fraction of sp³-hybridized carbons (Fsp3) is 0.500. The van der Waals surface area contributed by atoms with E-state index in [9.17, 15) is 19.8 Å². The lowest BCUT2D eigenvalue weighted by atomic mass is 10.3. The Morgan fingerprint density at radius 2 is 1.64 bits per heavy atom. The van der Waals surface area contributed by atoms with Gasteiger partial charge in [-0.2, -0.15) is 12.6 Å². The van der Waals surface area contributed by atoms with Crippen LogP contribution in [0.3, 0.4) is 0 Å². The van der Waals surface area contributed by atoms with E-state index in [-0.39, 0.29) is 12.3 Å². The Hall–Kier alpha value is -0.790. The Morgan fingerprint density at radius 1 is 1.27 bits per heavy atom. The number of quaternary nitrogens is 2. The molecule has 68 valence electrons. The van der Waals surface area contributed by atoms with E-state index < -0.39 is 23.6 Å². The molecule has 0 aromatic rings. The monoisotopic (exact) mass is 184 g/mol. The van der Waals surface area contributed by atoms with Gasteiger partial charge in [0, 0.05) is 17.6 Å². The molecule has 6 nitrogen and oxygen atoms in total. The van der Waals surface area contributed by atoms with Crippen molar-refractivity contribution >= 4 is 24.6 Å². The average molecular weight is 184 g/mol. The molecular formula is C4H12N2O4S. The number of hydrogen-bond donors (Lipinski definition) is 3. The normalized spacial score (nSPS) is 10.3. The van der Waals surface area contributed by atoms with Gasteiger partial charge in [-0.1, -0.05) is 0 Å². The van der Waals surface area contributed by atoms with Gasteiger partial charge >= 0.3 is 0 Å². The molecule has 0 aliphatic rings. The summed E-state index contributed by atoms with van der Waals surface area (Å²) in [6, 6.07) is 0. The lowest BCUT2D eigenvalue weighted by Crippen LogP contribution is -2.36. The fourth-order valence-electron chi connectivity index (χ4n) is 0.241. The summed E-state index contributed by atoms with van der Waals surface area (Å²) in [5.74, 6) is -2.94. The Kier molecular flexibility index (Phi) is 11.1. The molecule has 0 rings (SSSR count). The highest BCUT2D eigenvalue weighted by atomic mass is 32.1. The van der Waals surface area contributed by atoms with Crippen LogP contribution in [0.1, 0.15) is 6.42 Å². The Morgan fingerprint density at radius 3 is 1.73 bits per heavy atom. The molecule has 0 aromatic carbocycles. The van der Waals surface area contributed by atoms with E-state index in [4.69, 9.17) is 0 Å². The Labute approximate surface area is 69.2 Å². The topological polar surface area (TPSA) is 153 Å². The summed E-state index contributed by atoms with van der Waals surface area (Å²) < 4.78 is 0. The van der Waals surface area contributed by atoms with Crippen molar-refractivity contribution in [2.45, 2.75) is 11.7 Å². The molecule has 0 heterocycles. The van der Waals surface area contributed by atoms with E-state index >= 15 is 0 Å². The number of aliphatic carboxylic acids is 2. The molecule has 0 spiro atoms. The zero-order valence-corrected chi connectivity index (χ0v) is 7.26. The molecule has 7 heteroatoms. The van der Waals surface area contributed by atoms with Gasteiger partial charge in [0.25, 0.3) is 0 Å².